The molecule has 306 valence electrons. The van der Waals surface area contributed by atoms with Crippen LogP contribution in [-0.4, -0.2) is 86.8 Å². The van der Waals surface area contributed by atoms with Gasteiger partial charge in [0, 0.05) is 42.9 Å². The fourth-order valence-corrected chi connectivity index (χ4v) is 10.1. The van der Waals surface area contributed by atoms with E-state index < -0.39 is 77.5 Å². The minimum atomic E-state index is -1.51. The third-order valence-corrected chi connectivity index (χ3v) is 13.5. The van der Waals surface area contributed by atoms with Gasteiger partial charge < -0.3 is 39.0 Å². The third kappa shape index (κ3) is 9.40. The van der Waals surface area contributed by atoms with Gasteiger partial charge in [-0.05, 0) is 70.6 Å². The minimum absolute atomic E-state index is 0.0186. The highest BCUT2D eigenvalue weighted by Gasteiger charge is 2.64. The van der Waals surface area contributed by atoms with E-state index in [1.807, 2.05) is 27.7 Å². The van der Waals surface area contributed by atoms with Crippen molar-refractivity contribution in [3.8, 4) is 0 Å². The molecule has 2 spiro atoms. The second-order valence-electron chi connectivity index (χ2n) is 17.5. The second-order valence-corrected chi connectivity index (χ2v) is 17.5. The van der Waals surface area contributed by atoms with Crippen LogP contribution in [0.15, 0.2) is 0 Å². The average molecular weight is 753 g/mol. The van der Waals surface area contributed by atoms with Gasteiger partial charge in [0.25, 0.3) is 0 Å². The summed E-state index contributed by atoms with van der Waals surface area (Å²) in [5.74, 6) is -5.89. The fraction of sp³-hybridized carbons (Fsp3) is 0.929. The van der Waals surface area contributed by atoms with Crippen LogP contribution in [0.5, 0.6) is 0 Å². The van der Waals surface area contributed by atoms with Crippen molar-refractivity contribution in [3.05, 3.63) is 0 Å². The van der Waals surface area contributed by atoms with E-state index in [0.717, 1.165) is 32.1 Å². The monoisotopic (exact) mass is 753 g/mol. The van der Waals surface area contributed by atoms with Gasteiger partial charge in [0.1, 0.15) is 5.78 Å². The Balaban J connectivity index is 1.52. The van der Waals surface area contributed by atoms with Crippen LogP contribution in [-0.2, 0) is 38.1 Å². The van der Waals surface area contributed by atoms with Crippen molar-refractivity contribution in [1.82, 2.24) is 0 Å². The highest BCUT2D eigenvalue weighted by atomic mass is 16.8. The molecule has 0 amide bonds. The summed E-state index contributed by atoms with van der Waals surface area (Å²) in [6.07, 6.45) is 4.57. The summed E-state index contributed by atoms with van der Waals surface area (Å²) in [4.78, 5) is 40.1. The van der Waals surface area contributed by atoms with Gasteiger partial charge in [-0.1, -0.05) is 74.7 Å². The first-order valence-corrected chi connectivity index (χ1v) is 20.9. The van der Waals surface area contributed by atoms with Gasteiger partial charge in [0.2, 0.25) is 5.79 Å². The van der Waals surface area contributed by atoms with Crippen molar-refractivity contribution >= 4 is 17.5 Å². The topological polar surface area (TPSA) is 158 Å². The van der Waals surface area contributed by atoms with Crippen LogP contribution in [0.3, 0.4) is 0 Å². The summed E-state index contributed by atoms with van der Waals surface area (Å²) in [5, 5.41) is 31.7. The normalized spacial score (nSPS) is 39.0. The van der Waals surface area contributed by atoms with Gasteiger partial charge in [-0.3, -0.25) is 14.4 Å². The lowest BCUT2D eigenvalue weighted by Gasteiger charge is -2.54. The number of aliphatic hydroxyl groups is 2. The first-order valence-electron chi connectivity index (χ1n) is 20.9. The summed E-state index contributed by atoms with van der Waals surface area (Å²) in [5.41, 5.74) is -0.849. The third-order valence-electron chi connectivity index (χ3n) is 13.5. The van der Waals surface area contributed by atoms with Crippen molar-refractivity contribution in [1.29, 1.82) is 0 Å². The molecule has 0 aliphatic carbocycles. The van der Waals surface area contributed by atoms with E-state index in [-0.39, 0.29) is 41.8 Å². The molecule has 0 saturated carbocycles. The molecule has 4 saturated heterocycles. The molecule has 11 heteroatoms. The summed E-state index contributed by atoms with van der Waals surface area (Å²) < 4.78 is 33.0. The number of hydrogen-bond donors (Lipinski definition) is 3. The molecule has 0 aromatic heterocycles. The first kappa shape index (κ1) is 44.2. The van der Waals surface area contributed by atoms with Crippen LogP contribution in [0.25, 0.3) is 0 Å². The van der Waals surface area contributed by atoms with E-state index >= 15 is 0 Å². The SMILES string of the molecule is CCCCC[C@@H](O[C@@H](C)O)[C@]1(C)CC[C@@]2(O[C@]3(CCC2=O)O[C@H]([C@@H](CC)C(=O)C(C)[C@@H](O)[C@H](C)C2O[C@@H]([C@@H](CC)C(=O)O)CC[C@@H]2C)[C@@H](C)C[C@H]3C)O1. The Bertz CT molecular complexity index is 1240. The predicted molar refractivity (Wildman–Crippen MR) is 200 cm³/mol. The van der Waals surface area contributed by atoms with Crippen LogP contribution in [0.4, 0.5) is 0 Å². The maximum Gasteiger partial charge on any atom is 0.309 e. The quantitative estimate of drug-likeness (QED) is 0.102. The molecule has 4 heterocycles. The van der Waals surface area contributed by atoms with E-state index in [1.54, 1.807) is 13.8 Å². The Labute approximate surface area is 318 Å². The van der Waals surface area contributed by atoms with Gasteiger partial charge in [0.05, 0.1) is 42.0 Å². The first-order chi connectivity index (χ1) is 24.9. The molecule has 3 N–H and O–H groups in total. The van der Waals surface area contributed by atoms with Crippen molar-refractivity contribution in [3.63, 3.8) is 0 Å². The molecule has 0 bridgehead atoms. The zero-order valence-electron chi connectivity index (χ0n) is 34.3. The van der Waals surface area contributed by atoms with Crippen molar-refractivity contribution in [2.75, 3.05) is 0 Å². The van der Waals surface area contributed by atoms with Crippen LogP contribution in [0.2, 0.25) is 0 Å². The number of Topliss-reactive ketones (excluding diaryl/α,β-unsaturated/α-hetero) is 2. The number of rotatable bonds is 17. The second kappa shape index (κ2) is 18.2. The lowest BCUT2D eigenvalue weighted by molar-refractivity contribution is -0.404. The standard InChI is InChI=1S/C42H72O11/c1-11-14-15-16-34(49-29(9)43)40(10)21-22-42(52-40)33(44)19-20-41(53-42)26(6)23-25(5)38(51-41)31(13-3)36(46)27(7)35(45)28(8)37-24(4)17-18-32(50-37)30(12-2)39(47)48/h24-32,34-35,37-38,43,45H,11-23H2,1-10H3,(H,47,48)/t24-,25-,26+,27?,28-,29-,30+,31-,32+,34+,35+,37?,38-,40-,41-,42-/m0/s1. The van der Waals surface area contributed by atoms with Gasteiger partial charge in [-0.25, -0.2) is 0 Å². The number of ether oxygens (including phenoxy) is 5. The van der Waals surface area contributed by atoms with Crippen molar-refractivity contribution in [2.24, 2.45) is 41.4 Å². The summed E-state index contributed by atoms with van der Waals surface area (Å²) >= 11 is 0. The van der Waals surface area contributed by atoms with E-state index in [0.29, 0.717) is 44.9 Å². The lowest BCUT2D eigenvalue weighted by atomic mass is 9.72. The zero-order chi connectivity index (χ0) is 39.5. The van der Waals surface area contributed by atoms with E-state index in [1.165, 1.54) is 0 Å². The maximum absolute atomic E-state index is 14.4. The zero-order valence-corrected chi connectivity index (χ0v) is 34.3. The highest BCUT2D eigenvalue weighted by molar-refractivity contribution is 5.87. The van der Waals surface area contributed by atoms with Crippen molar-refractivity contribution < 1.29 is 53.4 Å². The largest absolute Gasteiger partial charge is 0.481 e. The smallest absolute Gasteiger partial charge is 0.309 e. The highest BCUT2D eigenvalue weighted by Crippen LogP contribution is 2.54. The molecule has 53 heavy (non-hydrogen) atoms. The molecule has 4 rings (SSSR count). The van der Waals surface area contributed by atoms with Crippen LogP contribution < -0.4 is 0 Å². The minimum Gasteiger partial charge on any atom is -0.481 e. The van der Waals surface area contributed by atoms with E-state index in [9.17, 15) is 29.7 Å². The van der Waals surface area contributed by atoms with Crippen molar-refractivity contribution in [2.45, 2.75) is 207 Å². The Morgan fingerprint density at radius 1 is 0.906 bits per heavy atom. The Morgan fingerprint density at radius 3 is 2.19 bits per heavy atom. The molecule has 4 aliphatic rings. The number of aliphatic hydroxyl groups excluding tert-OH is 2. The molecule has 4 fully saturated rings. The van der Waals surface area contributed by atoms with Gasteiger partial charge >= 0.3 is 5.97 Å². The number of carbonyl (C=O) groups is 3. The fourth-order valence-electron chi connectivity index (χ4n) is 10.1. The number of aliphatic carboxylic acids is 1. The average Bonchev–Trinajstić information content (AvgIpc) is 3.45. The van der Waals surface area contributed by atoms with E-state index in [2.05, 4.69) is 27.7 Å². The number of carboxylic acid groups (broad SMARTS) is 1. The number of carboxylic acids is 1. The van der Waals surface area contributed by atoms with Gasteiger partial charge in [-0.2, -0.15) is 0 Å². The number of hydrogen-bond acceptors (Lipinski definition) is 10. The summed E-state index contributed by atoms with van der Waals surface area (Å²) in [6.45, 7) is 19.4. The molecule has 2 unspecified atom stereocenters. The Kier molecular flexibility index (Phi) is 15.2. The number of carbonyl (C=O) groups excluding carboxylic acids is 2. The van der Waals surface area contributed by atoms with Crippen LogP contribution in [0, 0.1) is 41.4 Å². The molecule has 0 aromatic carbocycles. The van der Waals surface area contributed by atoms with Crippen LogP contribution >= 0.6 is 0 Å². The Hall–Kier alpha value is -1.47. The summed E-state index contributed by atoms with van der Waals surface area (Å²) in [6, 6.07) is 0. The Morgan fingerprint density at radius 2 is 1.58 bits per heavy atom. The molecule has 4 aliphatic heterocycles. The maximum atomic E-state index is 14.4. The molecule has 11 nitrogen and oxygen atoms in total. The van der Waals surface area contributed by atoms with Gasteiger partial charge in [-0.15, -0.1) is 0 Å². The number of unbranched alkanes of at least 4 members (excludes halogenated alkanes) is 2. The number of ketones is 2. The molecule has 0 aromatic rings. The van der Waals surface area contributed by atoms with Gasteiger partial charge in [0.15, 0.2) is 17.9 Å². The summed E-state index contributed by atoms with van der Waals surface area (Å²) in [7, 11) is 0. The molecule has 16 atom stereocenters. The molecular formula is C42H72O11. The predicted octanol–water partition coefficient (Wildman–Crippen LogP) is 7.22. The molecular weight excluding hydrogens is 680 g/mol. The lowest BCUT2D eigenvalue weighted by Crippen LogP contribution is -2.63. The van der Waals surface area contributed by atoms with Crippen LogP contribution in [0.1, 0.15) is 153 Å². The van der Waals surface area contributed by atoms with E-state index in [4.69, 9.17) is 23.7 Å². The molecule has 0 radical (unpaired) electrons.